The van der Waals surface area contributed by atoms with Gasteiger partial charge in [-0.1, -0.05) is 23.7 Å². The molecule has 1 saturated heterocycles. The Kier molecular flexibility index (Phi) is 4.13. The Bertz CT molecular complexity index is 476. The van der Waals surface area contributed by atoms with Crippen molar-refractivity contribution in [1.82, 2.24) is 4.90 Å². The number of carbonyl (C=O) groups is 1. The van der Waals surface area contributed by atoms with Crippen molar-refractivity contribution in [2.75, 3.05) is 19.7 Å². The summed E-state index contributed by atoms with van der Waals surface area (Å²) in [5.41, 5.74) is 0.0151. The van der Waals surface area contributed by atoms with Crippen molar-refractivity contribution in [2.45, 2.75) is 25.6 Å². The van der Waals surface area contributed by atoms with Gasteiger partial charge in [-0.15, -0.1) is 0 Å². The first-order chi connectivity index (χ1) is 8.93. The molecule has 1 unspecified atom stereocenters. The van der Waals surface area contributed by atoms with Gasteiger partial charge < -0.3 is 14.7 Å². The molecule has 0 saturated carbocycles. The van der Waals surface area contributed by atoms with Crippen molar-refractivity contribution in [3.8, 4) is 0 Å². The van der Waals surface area contributed by atoms with Crippen LogP contribution < -0.4 is 0 Å². The third-order valence-corrected chi connectivity index (χ3v) is 3.41. The largest absolute Gasteiger partial charge is 0.394 e. The molecule has 1 N–H and O–H groups in total. The summed E-state index contributed by atoms with van der Waals surface area (Å²) in [5.74, 6) is -0.125. The number of morpholine rings is 1. The summed E-state index contributed by atoms with van der Waals surface area (Å²) in [7, 11) is 0. The zero-order chi connectivity index (χ0) is 14.0. The fourth-order valence-corrected chi connectivity index (χ4v) is 2.57. The van der Waals surface area contributed by atoms with E-state index in [0.717, 1.165) is 0 Å². The molecule has 2 rings (SSSR count). The van der Waals surface area contributed by atoms with Gasteiger partial charge in [0.1, 0.15) is 0 Å². The molecule has 104 valence electrons. The van der Waals surface area contributed by atoms with Gasteiger partial charge in [0.25, 0.3) is 5.91 Å². The van der Waals surface area contributed by atoms with Gasteiger partial charge >= 0.3 is 0 Å². The number of hydrogen-bond donors (Lipinski definition) is 1. The van der Waals surface area contributed by atoms with Gasteiger partial charge in [0.15, 0.2) is 0 Å². The number of ether oxygens (including phenoxy) is 1. The van der Waals surface area contributed by atoms with E-state index in [4.69, 9.17) is 16.3 Å². The van der Waals surface area contributed by atoms with Crippen LogP contribution in [0.5, 0.6) is 0 Å². The SMILES string of the molecule is CC1(C)CN(C(=O)c2ccccc2Cl)CC(CO)O1. The second-order valence-electron chi connectivity index (χ2n) is 5.35. The molecule has 0 radical (unpaired) electrons. The van der Waals surface area contributed by atoms with Crippen LogP contribution in [0.4, 0.5) is 0 Å². The van der Waals surface area contributed by atoms with Gasteiger partial charge in [-0.05, 0) is 26.0 Å². The van der Waals surface area contributed by atoms with Crippen molar-refractivity contribution in [1.29, 1.82) is 0 Å². The van der Waals surface area contributed by atoms with E-state index in [1.165, 1.54) is 0 Å². The van der Waals surface area contributed by atoms with Crippen molar-refractivity contribution >= 4 is 17.5 Å². The first kappa shape index (κ1) is 14.3. The average Bonchev–Trinajstić information content (AvgIpc) is 2.36. The summed E-state index contributed by atoms with van der Waals surface area (Å²) >= 11 is 6.05. The van der Waals surface area contributed by atoms with Gasteiger partial charge in [0.2, 0.25) is 0 Å². The van der Waals surface area contributed by atoms with Gasteiger partial charge in [-0.25, -0.2) is 0 Å². The van der Waals surface area contributed by atoms with Crippen LogP contribution in [-0.4, -0.2) is 47.3 Å². The van der Waals surface area contributed by atoms with Gasteiger partial charge in [0, 0.05) is 13.1 Å². The molecule has 0 bridgehead atoms. The predicted molar refractivity (Wildman–Crippen MR) is 73.4 cm³/mol. The van der Waals surface area contributed by atoms with Gasteiger partial charge in [0.05, 0.1) is 28.9 Å². The third-order valence-electron chi connectivity index (χ3n) is 3.08. The van der Waals surface area contributed by atoms with Crippen LogP contribution in [0.25, 0.3) is 0 Å². The Hall–Kier alpha value is -1.10. The summed E-state index contributed by atoms with van der Waals surface area (Å²) in [6.07, 6.45) is -0.352. The van der Waals surface area contributed by atoms with E-state index < -0.39 is 5.60 Å². The standard InChI is InChI=1S/C14H18ClNO3/c1-14(2)9-16(7-10(8-17)19-14)13(18)11-5-3-4-6-12(11)15/h3-6,10,17H,7-9H2,1-2H3. The summed E-state index contributed by atoms with van der Waals surface area (Å²) < 4.78 is 5.69. The first-order valence-corrected chi connectivity index (χ1v) is 6.63. The van der Waals surface area contributed by atoms with Crippen LogP contribution in [0.3, 0.4) is 0 Å². The molecule has 1 aromatic rings. The number of halogens is 1. The van der Waals surface area contributed by atoms with Crippen molar-refractivity contribution in [3.05, 3.63) is 34.9 Å². The van der Waals surface area contributed by atoms with E-state index in [-0.39, 0.29) is 18.6 Å². The number of benzene rings is 1. The molecule has 1 aromatic carbocycles. The monoisotopic (exact) mass is 283 g/mol. The number of aliphatic hydroxyl groups excluding tert-OH is 1. The van der Waals surface area contributed by atoms with Crippen molar-refractivity contribution in [3.63, 3.8) is 0 Å². The van der Waals surface area contributed by atoms with Crippen LogP contribution in [0.15, 0.2) is 24.3 Å². The zero-order valence-corrected chi connectivity index (χ0v) is 11.9. The summed E-state index contributed by atoms with van der Waals surface area (Å²) in [5, 5.41) is 9.70. The molecular weight excluding hydrogens is 266 g/mol. The normalized spacial score (nSPS) is 22.3. The predicted octanol–water partition coefficient (Wildman–Crippen LogP) is 1.95. The second-order valence-corrected chi connectivity index (χ2v) is 5.75. The Morgan fingerprint density at radius 1 is 1.53 bits per heavy atom. The lowest BCUT2D eigenvalue weighted by molar-refractivity contribution is -0.139. The lowest BCUT2D eigenvalue weighted by atomic mass is 10.0. The van der Waals surface area contributed by atoms with Crippen LogP contribution >= 0.6 is 11.6 Å². The van der Waals surface area contributed by atoms with Crippen molar-refractivity contribution < 1.29 is 14.6 Å². The highest BCUT2D eigenvalue weighted by molar-refractivity contribution is 6.33. The molecule has 4 nitrogen and oxygen atoms in total. The molecular formula is C14H18ClNO3. The number of nitrogens with zero attached hydrogens (tertiary/aromatic N) is 1. The molecule has 0 aromatic heterocycles. The minimum Gasteiger partial charge on any atom is -0.394 e. The van der Waals surface area contributed by atoms with Crippen molar-refractivity contribution in [2.24, 2.45) is 0 Å². The molecule has 1 aliphatic rings. The number of hydrogen-bond acceptors (Lipinski definition) is 3. The summed E-state index contributed by atoms with van der Waals surface area (Å²) in [4.78, 5) is 14.2. The fourth-order valence-electron chi connectivity index (χ4n) is 2.35. The maximum atomic E-state index is 12.5. The molecule has 5 heteroatoms. The van der Waals surface area contributed by atoms with Crippen LogP contribution in [0.2, 0.25) is 5.02 Å². The first-order valence-electron chi connectivity index (χ1n) is 6.25. The second kappa shape index (κ2) is 5.49. The van der Waals surface area contributed by atoms with E-state index in [2.05, 4.69) is 0 Å². The Morgan fingerprint density at radius 2 is 2.21 bits per heavy atom. The number of aliphatic hydroxyl groups is 1. The van der Waals surface area contributed by atoms with Crippen LogP contribution in [0, 0.1) is 0 Å². The molecule has 1 amide bonds. The van der Waals surface area contributed by atoms with E-state index >= 15 is 0 Å². The number of amides is 1. The van der Waals surface area contributed by atoms with Crippen LogP contribution in [0.1, 0.15) is 24.2 Å². The average molecular weight is 284 g/mol. The van der Waals surface area contributed by atoms with E-state index in [9.17, 15) is 9.90 Å². The number of rotatable bonds is 2. The molecule has 0 spiro atoms. The van der Waals surface area contributed by atoms with E-state index in [0.29, 0.717) is 23.7 Å². The lowest BCUT2D eigenvalue weighted by Crippen LogP contribution is -2.55. The Morgan fingerprint density at radius 3 is 2.84 bits per heavy atom. The summed E-state index contributed by atoms with van der Waals surface area (Å²) in [6.45, 7) is 4.57. The Balaban J connectivity index is 2.21. The zero-order valence-electron chi connectivity index (χ0n) is 11.1. The number of carbonyl (C=O) groups excluding carboxylic acids is 1. The highest BCUT2D eigenvalue weighted by Crippen LogP contribution is 2.24. The van der Waals surface area contributed by atoms with E-state index in [1.807, 2.05) is 13.8 Å². The topological polar surface area (TPSA) is 49.8 Å². The minimum absolute atomic E-state index is 0.101. The highest BCUT2D eigenvalue weighted by Gasteiger charge is 2.35. The quantitative estimate of drug-likeness (QED) is 0.903. The lowest BCUT2D eigenvalue weighted by Gasteiger charge is -2.42. The minimum atomic E-state index is -0.470. The van der Waals surface area contributed by atoms with Gasteiger partial charge in [-0.3, -0.25) is 4.79 Å². The highest BCUT2D eigenvalue weighted by atomic mass is 35.5. The fraction of sp³-hybridized carbons (Fsp3) is 0.500. The molecule has 1 fully saturated rings. The molecule has 0 aliphatic carbocycles. The Labute approximate surface area is 117 Å². The molecule has 1 aliphatic heterocycles. The maximum Gasteiger partial charge on any atom is 0.255 e. The van der Waals surface area contributed by atoms with E-state index in [1.54, 1.807) is 29.2 Å². The molecule has 1 heterocycles. The smallest absolute Gasteiger partial charge is 0.255 e. The molecule has 19 heavy (non-hydrogen) atoms. The van der Waals surface area contributed by atoms with Crippen LogP contribution in [-0.2, 0) is 4.74 Å². The third kappa shape index (κ3) is 3.26. The molecule has 1 atom stereocenters. The van der Waals surface area contributed by atoms with Gasteiger partial charge in [-0.2, -0.15) is 0 Å². The summed E-state index contributed by atoms with van der Waals surface area (Å²) in [6, 6.07) is 6.98. The maximum absolute atomic E-state index is 12.5.